The lowest BCUT2D eigenvalue weighted by Gasteiger charge is -2.31. The Morgan fingerprint density at radius 3 is 2.19 bits per heavy atom. The summed E-state index contributed by atoms with van der Waals surface area (Å²) in [5.74, 6) is -2.63. The van der Waals surface area contributed by atoms with Gasteiger partial charge in [0.05, 0.1) is 14.1 Å². The van der Waals surface area contributed by atoms with Gasteiger partial charge >= 0.3 is 18.1 Å². The number of quaternary nitrogens is 1. The minimum Gasteiger partial charge on any atom is -0.477 e. The molecule has 0 radical (unpaired) electrons. The second-order valence-electron chi connectivity index (χ2n) is 3.69. The number of nitrogens with zero attached hydrogens (tertiary/aromatic N) is 1. The molecule has 0 atom stereocenters. The SMILES string of the molecule is C[N+]1(C)C(=O)C(C(=O)O)=CC=C1C(F)(F)F. The fraction of sp³-hybridized carbons (Fsp3) is 0.333. The summed E-state index contributed by atoms with van der Waals surface area (Å²) in [4.78, 5) is 22.1. The van der Waals surface area contributed by atoms with Gasteiger partial charge in [-0.15, -0.1) is 0 Å². The zero-order valence-corrected chi connectivity index (χ0v) is 8.50. The van der Waals surface area contributed by atoms with Gasteiger partial charge in [-0.25, -0.2) is 14.1 Å². The maximum Gasteiger partial charge on any atom is 0.467 e. The Morgan fingerprint density at radius 1 is 1.31 bits per heavy atom. The van der Waals surface area contributed by atoms with E-state index in [4.69, 9.17) is 5.11 Å². The van der Waals surface area contributed by atoms with Crippen LogP contribution in [0.2, 0.25) is 0 Å². The van der Waals surface area contributed by atoms with Crippen molar-refractivity contribution in [2.45, 2.75) is 6.18 Å². The molecule has 1 heterocycles. The first-order valence-corrected chi connectivity index (χ1v) is 4.20. The van der Waals surface area contributed by atoms with Gasteiger partial charge in [0.25, 0.3) is 0 Å². The Labute approximate surface area is 88.9 Å². The standard InChI is InChI=1S/C9H8F3NO3/c1-13(2)6(9(10,11)12)4-3-5(7(13)14)8(15)16/h3-4H,1-2H3/p+1. The highest BCUT2D eigenvalue weighted by atomic mass is 19.4. The van der Waals surface area contributed by atoms with Crippen LogP contribution in [0.4, 0.5) is 13.2 Å². The summed E-state index contributed by atoms with van der Waals surface area (Å²) in [6, 6.07) is 0. The summed E-state index contributed by atoms with van der Waals surface area (Å²) in [6.07, 6.45) is -3.37. The number of carbonyl (C=O) groups excluding carboxylic acids is 1. The van der Waals surface area contributed by atoms with Crippen molar-refractivity contribution in [3.05, 3.63) is 23.4 Å². The zero-order valence-electron chi connectivity index (χ0n) is 8.50. The molecule has 0 aromatic carbocycles. The summed E-state index contributed by atoms with van der Waals surface area (Å²) in [5.41, 5.74) is -1.75. The maximum absolute atomic E-state index is 12.5. The van der Waals surface area contributed by atoms with Crippen LogP contribution in [0, 0.1) is 0 Å². The molecule has 1 aliphatic rings. The van der Waals surface area contributed by atoms with Gasteiger partial charge < -0.3 is 5.11 Å². The summed E-state index contributed by atoms with van der Waals surface area (Å²) in [6.45, 7) is 0. The van der Waals surface area contributed by atoms with Gasteiger partial charge in [0.2, 0.25) is 5.70 Å². The van der Waals surface area contributed by atoms with Gasteiger partial charge in [-0.1, -0.05) is 0 Å². The number of carboxylic acids is 1. The summed E-state index contributed by atoms with van der Waals surface area (Å²) >= 11 is 0. The number of hydrogen-bond acceptors (Lipinski definition) is 2. The van der Waals surface area contributed by atoms with E-state index in [9.17, 15) is 22.8 Å². The van der Waals surface area contributed by atoms with Crippen LogP contribution in [0.3, 0.4) is 0 Å². The minimum atomic E-state index is -4.67. The summed E-state index contributed by atoms with van der Waals surface area (Å²) in [7, 11) is 2.00. The number of rotatable bonds is 1. The number of aliphatic carboxylic acids is 1. The Kier molecular flexibility index (Phi) is 2.68. The summed E-state index contributed by atoms with van der Waals surface area (Å²) in [5, 5.41) is 8.62. The fourth-order valence-corrected chi connectivity index (χ4v) is 1.40. The molecule has 0 aliphatic carbocycles. The van der Waals surface area contributed by atoms with Crippen molar-refractivity contribution >= 4 is 11.9 Å². The van der Waals surface area contributed by atoms with Gasteiger partial charge in [-0.3, -0.25) is 0 Å². The highest BCUT2D eigenvalue weighted by Gasteiger charge is 2.52. The lowest BCUT2D eigenvalue weighted by atomic mass is 10.1. The van der Waals surface area contributed by atoms with E-state index in [0.29, 0.717) is 12.2 Å². The monoisotopic (exact) mass is 236 g/mol. The molecule has 1 rings (SSSR count). The quantitative estimate of drug-likeness (QED) is 0.547. The van der Waals surface area contributed by atoms with E-state index in [1.807, 2.05) is 0 Å². The predicted molar refractivity (Wildman–Crippen MR) is 47.0 cm³/mol. The van der Waals surface area contributed by atoms with Crippen LogP contribution >= 0.6 is 0 Å². The Balaban J connectivity index is 3.34. The molecule has 0 unspecified atom stereocenters. The van der Waals surface area contributed by atoms with E-state index in [1.165, 1.54) is 0 Å². The Hall–Kier alpha value is -1.63. The van der Waals surface area contributed by atoms with Gasteiger partial charge in [0.15, 0.2) is 5.57 Å². The molecule has 1 amide bonds. The molecule has 0 fully saturated rings. The van der Waals surface area contributed by atoms with Gasteiger partial charge in [0, 0.05) is 6.08 Å². The lowest BCUT2D eigenvalue weighted by molar-refractivity contribution is -0.783. The predicted octanol–water partition coefficient (Wildman–Crippen LogP) is 1.06. The number of halogens is 3. The van der Waals surface area contributed by atoms with E-state index in [1.54, 1.807) is 0 Å². The molecule has 0 saturated carbocycles. The molecule has 88 valence electrons. The van der Waals surface area contributed by atoms with E-state index in [-0.39, 0.29) is 0 Å². The van der Waals surface area contributed by atoms with E-state index < -0.39 is 33.8 Å². The second-order valence-corrected chi connectivity index (χ2v) is 3.69. The van der Waals surface area contributed by atoms with Crippen molar-refractivity contribution in [3.63, 3.8) is 0 Å². The number of amides is 1. The van der Waals surface area contributed by atoms with Gasteiger partial charge in [0.1, 0.15) is 0 Å². The maximum atomic E-state index is 12.5. The number of allylic oxidation sites excluding steroid dienone is 3. The smallest absolute Gasteiger partial charge is 0.467 e. The molecule has 7 heteroatoms. The highest BCUT2D eigenvalue weighted by Crippen LogP contribution is 2.35. The number of carbonyl (C=O) groups is 2. The van der Waals surface area contributed by atoms with Gasteiger partial charge in [-0.2, -0.15) is 13.2 Å². The number of carboxylic acid groups (broad SMARTS) is 1. The normalized spacial score (nSPS) is 20.2. The van der Waals surface area contributed by atoms with Crippen LogP contribution in [0.25, 0.3) is 0 Å². The van der Waals surface area contributed by atoms with Crippen LogP contribution in [0.5, 0.6) is 0 Å². The van der Waals surface area contributed by atoms with Crippen molar-refractivity contribution in [3.8, 4) is 0 Å². The fourth-order valence-electron chi connectivity index (χ4n) is 1.40. The third kappa shape index (κ3) is 1.85. The molecule has 0 saturated heterocycles. The minimum absolute atomic E-state index is 0.616. The van der Waals surface area contributed by atoms with Crippen molar-refractivity contribution in [1.82, 2.24) is 0 Å². The van der Waals surface area contributed by atoms with Gasteiger partial charge in [-0.05, 0) is 6.08 Å². The zero-order chi connectivity index (χ0) is 12.7. The van der Waals surface area contributed by atoms with Crippen LogP contribution in [0.1, 0.15) is 0 Å². The molecule has 4 nitrogen and oxygen atoms in total. The first-order valence-electron chi connectivity index (χ1n) is 4.20. The van der Waals surface area contributed by atoms with Crippen LogP contribution in [-0.2, 0) is 9.59 Å². The average Bonchev–Trinajstić information content (AvgIpc) is 2.06. The first-order chi connectivity index (χ1) is 7.08. The molecule has 0 spiro atoms. The molecule has 0 bridgehead atoms. The van der Waals surface area contributed by atoms with E-state index in [2.05, 4.69) is 0 Å². The second kappa shape index (κ2) is 3.44. The third-order valence-electron chi connectivity index (χ3n) is 2.27. The first kappa shape index (κ1) is 12.4. The van der Waals surface area contributed by atoms with E-state index in [0.717, 1.165) is 14.1 Å². The van der Waals surface area contributed by atoms with Crippen molar-refractivity contribution in [2.24, 2.45) is 0 Å². The molecule has 1 aliphatic heterocycles. The van der Waals surface area contributed by atoms with Crippen LogP contribution in [-0.4, -0.2) is 41.7 Å². The molecular formula is C9H9F3NO3+. The summed E-state index contributed by atoms with van der Waals surface area (Å²) < 4.78 is 36.4. The molecular weight excluding hydrogens is 227 g/mol. The van der Waals surface area contributed by atoms with Crippen molar-refractivity contribution < 1.29 is 32.3 Å². The van der Waals surface area contributed by atoms with Crippen LogP contribution < -0.4 is 0 Å². The van der Waals surface area contributed by atoms with Crippen molar-refractivity contribution in [2.75, 3.05) is 14.1 Å². The Bertz CT molecular complexity index is 418. The topological polar surface area (TPSA) is 54.4 Å². The van der Waals surface area contributed by atoms with Crippen molar-refractivity contribution in [1.29, 1.82) is 0 Å². The lowest BCUT2D eigenvalue weighted by Crippen LogP contribution is -2.51. The third-order valence-corrected chi connectivity index (χ3v) is 2.27. The number of alkyl halides is 3. The Morgan fingerprint density at radius 2 is 1.81 bits per heavy atom. The molecule has 1 N–H and O–H groups in total. The average molecular weight is 236 g/mol. The molecule has 0 aromatic heterocycles. The molecule has 16 heavy (non-hydrogen) atoms. The number of likely N-dealkylation sites (N-methyl/N-ethyl adjacent to an activating group) is 1. The van der Waals surface area contributed by atoms with E-state index >= 15 is 0 Å². The molecule has 0 aromatic rings. The largest absolute Gasteiger partial charge is 0.477 e. The van der Waals surface area contributed by atoms with Crippen LogP contribution in [0.15, 0.2) is 23.4 Å². The highest BCUT2D eigenvalue weighted by molar-refractivity contribution is 6.13. The number of hydrogen-bond donors (Lipinski definition) is 1.